The van der Waals surface area contributed by atoms with Crippen LogP contribution in [0.4, 0.5) is 0 Å². The largest absolute Gasteiger partial charge is 0.493 e. The van der Waals surface area contributed by atoms with E-state index >= 15 is 0 Å². The molecular formula is C16H20N2O4. The third kappa shape index (κ3) is 2.73. The molecule has 0 radical (unpaired) electrons. The fraction of sp³-hybridized carbons (Fsp3) is 0.500. The minimum absolute atomic E-state index is 0.0386. The van der Waals surface area contributed by atoms with E-state index in [0.29, 0.717) is 17.9 Å². The standard InChI is InChI=1S/C16H20N2O4/c1-20-13-6-5-11(9-14(13)21-2)12-10-15(22-17-12)16(19)18-7-3-4-8-18/h5-6,9,15H,3-4,7-8,10H2,1-2H3/t15-/m1/s1. The average Bonchev–Trinajstić information content (AvgIpc) is 3.25. The lowest BCUT2D eigenvalue weighted by molar-refractivity contribution is -0.140. The number of likely N-dealkylation sites (tertiary alicyclic amines) is 1. The number of rotatable bonds is 4. The van der Waals surface area contributed by atoms with Gasteiger partial charge in [0.2, 0.25) is 6.10 Å². The van der Waals surface area contributed by atoms with Gasteiger partial charge in [0, 0.05) is 25.1 Å². The Kier molecular flexibility index (Phi) is 4.18. The van der Waals surface area contributed by atoms with Crippen LogP contribution in [0.5, 0.6) is 11.5 Å². The Bertz CT molecular complexity index is 594. The molecule has 0 saturated carbocycles. The van der Waals surface area contributed by atoms with Gasteiger partial charge in [0.05, 0.1) is 19.9 Å². The van der Waals surface area contributed by atoms with Gasteiger partial charge in [0.15, 0.2) is 11.5 Å². The van der Waals surface area contributed by atoms with Crippen molar-refractivity contribution >= 4 is 11.6 Å². The number of hydrogen-bond donors (Lipinski definition) is 0. The van der Waals surface area contributed by atoms with Gasteiger partial charge in [-0.3, -0.25) is 4.79 Å². The summed E-state index contributed by atoms with van der Waals surface area (Å²) in [6.45, 7) is 1.65. The van der Waals surface area contributed by atoms with Gasteiger partial charge in [0.25, 0.3) is 5.91 Å². The van der Waals surface area contributed by atoms with Gasteiger partial charge in [0.1, 0.15) is 0 Å². The molecule has 2 aliphatic heterocycles. The third-order valence-electron chi connectivity index (χ3n) is 4.08. The highest BCUT2D eigenvalue weighted by Gasteiger charge is 2.33. The average molecular weight is 304 g/mol. The predicted molar refractivity (Wildman–Crippen MR) is 81.4 cm³/mol. The molecule has 2 aliphatic rings. The highest BCUT2D eigenvalue weighted by molar-refractivity contribution is 6.04. The van der Waals surface area contributed by atoms with Crippen molar-refractivity contribution in [2.75, 3.05) is 27.3 Å². The number of ether oxygens (including phenoxy) is 2. The van der Waals surface area contributed by atoms with Crippen molar-refractivity contribution in [3.05, 3.63) is 23.8 Å². The van der Waals surface area contributed by atoms with Crippen LogP contribution >= 0.6 is 0 Å². The zero-order valence-corrected chi connectivity index (χ0v) is 12.9. The van der Waals surface area contributed by atoms with Crippen molar-refractivity contribution in [1.82, 2.24) is 4.90 Å². The van der Waals surface area contributed by atoms with Crippen molar-refractivity contribution in [3.63, 3.8) is 0 Å². The summed E-state index contributed by atoms with van der Waals surface area (Å²) in [5, 5.41) is 4.08. The zero-order chi connectivity index (χ0) is 15.5. The van der Waals surface area contributed by atoms with E-state index in [-0.39, 0.29) is 5.91 Å². The molecule has 6 nitrogen and oxygen atoms in total. The molecule has 22 heavy (non-hydrogen) atoms. The van der Waals surface area contributed by atoms with Gasteiger partial charge >= 0.3 is 0 Å². The van der Waals surface area contributed by atoms with Gasteiger partial charge in [-0.2, -0.15) is 0 Å². The minimum Gasteiger partial charge on any atom is -0.493 e. The van der Waals surface area contributed by atoms with Gasteiger partial charge in [-0.15, -0.1) is 0 Å². The number of benzene rings is 1. The maximum absolute atomic E-state index is 12.3. The van der Waals surface area contributed by atoms with Crippen LogP contribution in [0, 0.1) is 0 Å². The van der Waals surface area contributed by atoms with Crippen molar-refractivity contribution in [2.24, 2.45) is 5.16 Å². The molecule has 0 spiro atoms. The molecule has 1 aromatic carbocycles. The summed E-state index contributed by atoms with van der Waals surface area (Å²) < 4.78 is 10.5. The molecule has 3 rings (SSSR count). The van der Waals surface area contributed by atoms with Crippen LogP contribution in [-0.2, 0) is 9.63 Å². The Morgan fingerprint density at radius 2 is 1.95 bits per heavy atom. The Morgan fingerprint density at radius 3 is 2.64 bits per heavy atom. The number of methoxy groups -OCH3 is 2. The molecule has 1 saturated heterocycles. The van der Waals surface area contributed by atoms with E-state index in [9.17, 15) is 4.79 Å². The van der Waals surface area contributed by atoms with E-state index in [1.807, 2.05) is 23.1 Å². The van der Waals surface area contributed by atoms with Crippen LogP contribution in [0.1, 0.15) is 24.8 Å². The highest BCUT2D eigenvalue weighted by atomic mass is 16.6. The first-order valence-electron chi connectivity index (χ1n) is 7.47. The van der Waals surface area contributed by atoms with E-state index in [1.54, 1.807) is 14.2 Å². The molecule has 1 fully saturated rings. The molecule has 1 atom stereocenters. The molecule has 0 N–H and O–H groups in total. The maximum Gasteiger partial charge on any atom is 0.266 e. The Labute approximate surface area is 129 Å². The molecule has 0 aromatic heterocycles. The number of amides is 1. The lowest BCUT2D eigenvalue weighted by atomic mass is 10.0. The Morgan fingerprint density at radius 1 is 1.23 bits per heavy atom. The van der Waals surface area contributed by atoms with E-state index < -0.39 is 6.10 Å². The smallest absolute Gasteiger partial charge is 0.266 e. The second-order valence-corrected chi connectivity index (χ2v) is 5.44. The molecule has 0 bridgehead atoms. The van der Waals surface area contributed by atoms with Gasteiger partial charge in [-0.05, 0) is 31.0 Å². The monoisotopic (exact) mass is 304 g/mol. The number of carbonyl (C=O) groups excluding carboxylic acids is 1. The molecular weight excluding hydrogens is 284 g/mol. The summed E-state index contributed by atoms with van der Waals surface area (Å²) in [4.78, 5) is 19.5. The summed E-state index contributed by atoms with van der Waals surface area (Å²) in [7, 11) is 3.19. The second-order valence-electron chi connectivity index (χ2n) is 5.44. The molecule has 118 valence electrons. The van der Waals surface area contributed by atoms with Crippen molar-refractivity contribution in [3.8, 4) is 11.5 Å². The first kappa shape index (κ1) is 14.7. The van der Waals surface area contributed by atoms with Crippen LogP contribution in [0.2, 0.25) is 0 Å². The fourth-order valence-electron chi connectivity index (χ4n) is 2.84. The quantitative estimate of drug-likeness (QED) is 0.851. The third-order valence-corrected chi connectivity index (χ3v) is 4.08. The molecule has 0 unspecified atom stereocenters. The summed E-state index contributed by atoms with van der Waals surface area (Å²) in [6.07, 6.45) is 2.13. The minimum atomic E-state index is -0.499. The van der Waals surface area contributed by atoms with Gasteiger partial charge < -0.3 is 19.2 Å². The lowest BCUT2D eigenvalue weighted by Crippen LogP contribution is -2.37. The normalized spacial score (nSPS) is 20.5. The number of nitrogens with zero attached hydrogens (tertiary/aromatic N) is 2. The summed E-state index contributed by atoms with van der Waals surface area (Å²) in [6, 6.07) is 5.57. The summed E-state index contributed by atoms with van der Waals surface area (Å²) >= 11 is 0. The van der Waals surface area contributed by atoms with Crippen LogP contribution < -0.4 is 9.47 Å². The molecule has 1 amide bonds. The van der Waals surface area contributed by atoms with E-state index in [4.69, 9.17) is 14.3 Å². The first-order valence-corrected chi connectivity index (χ1v) is 7.47. The molecule has 2 heterocycles. The first-order chi connectivity index (χ1) is 10.7. The van der Waals surface area contributed by atoms with Crippen molar-refractivity contribution < 1.29 is 19.1 Å². The molecule has 1 aromatic rings. The van der Waals surface area contributed by atoms with E-state index in [0.717, 1.165) is 37.2 Å². The van der Waals surface area contributed by atoms with Crippen LogP contribution in [-0.4, -0.2) is 49.9 Å². The Hall–Kier alpha value is -2.24. The van der Waals surface area contributed by atoms with Gasteiger partial charge in [-0.25, -0.2) is 0 Å². The zero-order valence-electron chi connectivity index (χ0n) is 12.9. The Balaban J connectivity index is 1.70. The summed E-state index contributed by atoms with van der Waals surface area (Å²) in [5.74, 6) is 1.34. The van der Waals surface area contributed by atoms with E-state index in [1.165, 1.54) is 0 Å². The molecule has 6 heteroatoms. The maximum atomic E-state index is 12.3. The topological polar surface area (TPSA) is 60.4 Å². The van der Waals surface area contributed by atoms with Crippen LogP contribution in [0.25, 0.3) is 0 Å². The van der Waals surface area contributed by atoms with Crippen molar-refractivity contribution in [2.45, 2.75) is 25.4 Å². The van der Waals surface area contributed by atoms with E-state index in [2.05, 4.69) is 5.16 Å². The number of hydrogen-bond acceptors (Lipinski definition) is 5. The van der Waals surface area contributed by atoms with Crippen molar-refractivity contribution in [1.29, 1.82) is 0 Å². The number of carbonyl (C=O) groups is 1. The predicted octanol–water partition coefficient (Wildman–Crippen LogP) is 1.82. The highest BCUT2D eigenvalue weighted by Crippen LogP contribution is 2.29. The lowest BCUT2D eigenvalue weighted by Gasteiger charge is -2.18. The van der Waals surface area contributed by atoms with Crippen LogP contribution in [0.15, 0.2) is 23.4 Å². The SMILES string of the molecule is COc1ccc(C2=NO[C@@H](C(=O)N3CCCC3)C2)cc1OC. The number of oxime groups is 1. The molecule has 0 aliphatic carbocycles. The second kappa shape index (κ2) is 6.25. The van der Waals surface area contributed by atoms with Crippen LogP contribution in [0.3, 0.4) is 0 Å². The van der Waals surface area contributed by atoms with Gasteiger partial charge in [-0.1, -0.05) is 5.16 Å². The fourth-order valence-corrected chi connectivity index (χ4v) is 2.84. The summed E-state index contributed by atoms with van der Waals surface area (Å²) in [5.41, 5.74) is 1.65.